The molecule has 0 spiro atoms. The molecule has 0 saturated carbocycles. The van der Waals surface area contributed by atoms with Gasteiger partial charge in [-0.2, -0.15) is 0 Å². The Morgan fingerprint density at radius 3 is 2.33 bits per heavy atom. The molecule has 18 heavy (non-hydrogen) atoms. The number of hydrogen-bond donors (Lipinski definition) is 0. The second kappa shape index (κ2) is 7.35. The summed E-state index contributed by atoms with van der Waals surface area (Å²) in [5.41, 5.74) is 8.44. The van der Waals surface area contributed by atoms with Gasteiger partial charge in [-0.3, -0.25) is 0 Å². The Balaban J connectivity index is 0.00000120. The second-order valence-electron chi connectivity index (χ2n) is 5.12. The first-order valence-electron chi connectivity index (χ1n) is 6.48. The van der Waals surface area contributed by atoms with Crippen molar-refractivity contribution in [3.63, 3.8) is 0 Å². The Labute approximate surface area is 163 Å². The van der Waals surface area contributed by atoms with Gasteiger partial charge in [0, 0.05) is 16.7 Å². The fourth-order valence-electron chi connectivity index (χ4n) is 2.91. The molecule has 3 saturated heterocycles. The van der Waals surface area contributed by atoms with E-state index in [1.807, 2.05) is 11.8 Å². The van der Waals surface area contributed by atoms with Gasteiger partial charge in [0.25, 0.3) is 0 Å². The number of nitrogens with one attached hydrogen (secondary N) is 1. The van der Waals surface area contributed by atoms with Crippen molar-refractivity contribution in [1.82, 2.24) is 4.90 Å². The van der Waals surface area contributed by atoms with Gasteiger partial charge in [0.05, 0.1) is 0 Å². The van der Waals surface area contributed by atoms with Gasteiger partial charge in [-0.05, 0) is 44.0 Å². The number of thioether (sulfide) groups is 1. The van der Waals surface area contributed by atoms with Crippen LogP contribution in [-0.2, 0) is 6.54 Å². The van der Waals surface area contributed by atoms with Crippen molar-refractivity contribution in [2.45, 2.75) is 29.5 Å². The average Bonchev–Trinajstić information content (AvgIpc) is 2.41. The minimum atomic E-state index is 0. The molecule has 3 heterocycles. The number of benzene rings is 1. The molecule has 0 radical (unpaired) electrons. The molecule has 3 aliphatic rings. The Morgan fingerprint density at radius 2 is 1.83 bits per heavy atom. The van der Waals surface area contributed by atoms with E-state index in [0.29, 0.717) is 6.54 Å². The monoisotopic (exact) mass is 332 g/mol. The van der Waals surface area contributed by atoms with E-state index in [9.17, 15) is 0 Å². The Morgan fingerprint density at radius 1 is 1.17 bits per heavy atom. The van der Waals surface area contributed by atoms with Crippen LogP contribution in [0.2, 0.25) is 0 Å². The fourth-order valence-corrected chi connectivity index (χ4v) is 4.30. The molecule has 0 aliphatic carbocycles. The molecule has 3 aliphatic heterocycles. The van der Waals surface area contributed by atoms with Gasteiger partial charge in [-0.15, -0.1) is 18.3 Å². The normalized spacial score (nSPS) is 29.9. The molecule has 0 amide bonds. The Hall–Kier alpha value is 1.30. The molecule has 4 heteroatoms. The summed E-state index contributed by atoms with van der Waals surface area (Å²) >= 11 is 2.04. The van der Waals surface area contributed by atoms with Crippen LogP contribution in [0.1, 0.15) is 18.4 Å². The minimum absolute atomic E-state index is 0. The van der Waals surface area contributed by atoms with Crippen LogP contribution in [-0.4, -0.2) is 29.8 Å². The first-order valence-corrected chi connectivity index (χ1v) is 7.35. The number of nitrogens with zero attached hydrogens (tertiary/aromatic N) is 1. The number of fused-ring (bicyclic) bond motifs is 3. The van der Waals surface area contributed by atoms with Gasteiger partial charge in [0.1, 0.15) is 0 Å². The van der Waals surface area contributed by atoms with Crippen molar-refractivity contribution in [3.05, 3.63) is 35.6 Å². The molecule has 1 N–H and O–H groups in total. The van der Waals surface area contributed by atoms with Gasteiger partial charge in [-0.25, -0.2) is 0 Å². The van der Waals surface area contributed by atoms with E-state index in [-0.39, 0.29) is 58.2 Å². The van der Waals surface area contributed by atoms with E-state index in [1.165, 1.54) is 37.4 Å². The third kappa shape index (κ3) is 3.69. The summed E-state index contributed by atoms with van der Waals surface area (Å²) in [4.78, 5) is 3.98. The van der Waals surface area contributed by atoms with Crippen molar-refractivity contribution in [2.75, 3.05) is 19.6 Å². The molecule has 0 unspecified atom stereocenters. The molecule has 1 aromatic carbocycles. The van der Waals surface area contributed by atoms with Gasteiger partial charge < -0.3 is 10.6 Å². The first-order chi connectivity index (χ1) is 8.35. The van der Waals surface area contributed by atoms with E-state index in [2.05, 4.69) is 29.2 Å². The summed E-state index contributed by atoms with van der Waals surface area (Å²) < 4.78 is 0. The molecule has 2 nitrogen and oxygen atoms in total. The summed E-state index contributed by atoms with van der Waals surface area (Å²) in [5, 5.41) is 0.791. The largest absolute Gasteiger partial charge is 1.00 e. The third-order valence-electron chi connectivity index (χ3n) is 4.01. The van der Waals surface area contributed by atoms with Crippen LogP contribution in [0.15, 0.2) is 29.2 Å². The zero-order valence-corrected chi connectivity index (χ0v) is 16.8. The van der Waals surface area contributed by atoms with E-state index >= 15 is 0 Å². The number of rotatable bonds is 3. The summed E-state index contributed by atoms with van der Waals surface area (Å²) in [5.74, 6) is 0.931. The maximum atomic E-state index is 7.32. The smallest absolute Gasteiger partial charge is 0.674 e. The first kappa shape index (κ1) is 15.7. The molecule has 1 aromatic rings. The van der Waals surface area contributed by atoms with Crippen molar-refractivity contribution in [1.29, 1.82) is 0 Å². The predicted molar refractivity (Wildman–Crippen MR) is 73.3 cm³/mol. The van der Waals surface area contributed by atoms with Crippen LogP contribution in [0.5, 0.6) is 0 Å². The molecular weight excluding hydrogens is 314 g/mol. The molecule has 0 aromatic heterocycles. The van der Waals surface area contributed by atoms with Crippen molar-refractivity contribution in [3.8, 4) is 0 Å². The zero-order valence-electron chi connectivity index (χ0n) is 11.1. The number of piperidine rings is 3. The summed E-state index contributed by atoms with van der Waals surface area (Å²) in [6, 6.07) is 8.56. The maximum Gasteiger partial charge on any atom is 1.00 e. The van der Waals surface area contributed by atoms with Crippen molar-refractivity contribution < 1.29 is 58.2 Å². The molecule has 92 valence electrons. The second-order valence-corrected chi connectivity index (χ2v) is 6.43. The summed E-state index contributed by atoms with van der Waals surface area (Å²) in [6.45, 7) is 4.30. The molecular formula is C14H19N2RbS. The molecule has 1 atom stereocenters. The topological polar surface area (TPSA) is 27.0 Å². The predicted octanol–water partition coefficient (Wildman–Crippen LogP) is 0.429. The summed E-state index contributed by atoms with van der Waals surface area (Å²) in [7, 11) is 0. The molecule has 2 bridgehead atoms. The third-order valence-corrected chi connectivity index (χ3v) is 5.39. The Kier molecular flexibility index (Phi) is 6.40. The van der Waals surface area contributed by atoms with E-state index in [0.717, 1.165) is 16.7 Å². The van der Waals surface area contributed by atoms with Crippen LogP contribution < -0.4 is 58.2 Å². The molecule has 4 rings (SSSR count). The van der Waals surface area contributed by atoms with Gasteiger partial charge in [0.15, 0.2) is 0 Å². The van der Waals surface area contributed by atoms with Crippen molar-refractivity contribution in [2.24, 2.45) is 5.92 Å². The summed E-state index contributed by atoms with van der Waals surface area (Å²) in [6.07, 6.45) is 2.78. The van der Waals surface area contributed by atoms with Gasteiger partial charge >= 0.3 is 58.2 Å². The standard InChI is InChI=1S/C14H19N2S.Rb/c15-9-11-1-3-13(4-2-11)17-14-10-16-7-5-12(14)6-8-16;/h1-4,12,14-15H,5-10H2;/q-1;+1/t14-;/m0./s1. The minimum Gasteiger partial charge on any atom is -0.674 e. The molecule has 3 fully saturated rings. The van der Waals surface area contributed by atoms with Crippen LogP contribution in [0, 0.1) is 5.92 Å². The fraction of sp³-hybridized carbons (Fsp3) is 0.571. The maximum absolute atomic E-state index is 7.32. The van der Waals surface area contributed by atoms with E-state index in [4.69, 9.17) is 5.73 Å². The van der Waals surface area contributed by atoms with Crippen LogP contribution >= 0.6 is 11.8 Å². The average molecular weight is 333 g/mol. The van der Waals surface area contributed by atoms with Crippen molar-refractivity contribution >= 4 is 11.8 Å². The van der Waals surface area contributed by atoms with Gasteiger partial charge in [-0.1, -0.05) is 17.7 Å². The van der Waals surface area contributed by atoms with Crippen LogP contribution in [0.25, 0.3) is 5.73 Å². The van der Waals surface area contributed by atoms with Crippen LogP contribution in [0.3, 0.4) is 0 Å². The van der Waals surface area contributed by atoms with E-state index < -0.39 is 0 Å². The van der Waals surface area contributed by atoms with Gasteiger partial charge in [0.2, 0.25) is 0 Å². The Bertz CT molecular complexity index is 374. The quantitative estimate of drug-likeness (QED) is 0.802. The van der Waals surface area contributed by atoms with Crippen LogP contribution in [0.4, 0.5) is 0 Å². The SMILES string of the molecule is [NH-]Cc1ccc(S[C@H]2CN3CCC2CC3)cc1.[Rb+]. The zero-order chi connectivity index (χ0) is 11.7. The van der Waals surface area contributed by atoms with E-state index in [1.54, 1.807) is 0 Å². The number of hydrogen-bond acceptors (Lipinski definition) is 2.